The van der Waals surface area contributed by atoms with E-state index >= 15 is 0 Å². The fourth-order valence-corrected chi connectivity index (χ4v) is 3.77. The maximum absolute atomic E-state index is 12.7. The number of anilines is 2. The number of hydrogen-bond acceptors (Lipinski definition) is 6. The summed E-state index contributed by atoms with van der Waals surface area (Å²) in [4.78, 5) is 38.7. The second-order valence-electron chi connectivity index (χ2n) is 5.68. The molecule has 0 unspecified atom stereocenters. The maximum atomic E-state index is 12.7. The molecule has 2 amide bonds. The highest BCUT2D eigenvalue weighted by Gasteiger charge is 2.40. The SMILES string of the molecule is CCOC(=O)c1ccc(N2C(=O)C[C@H](Sc3ccccc3N)C2=O)cc1. The zero-order valence-corrected chi connectivity index (χ0v) is 15.0. The number of hydrogen-bond donors (Lipinski definition) is 1. The van der Waals surface area contributed by atoms with E-state index in [1.54, 1.807) is 37.3 Å². The Bertz CT molecular complexity index is 851. The van der Waals surface area contributed by atoms with Gasteiger partial charge in [0.1, 0.15) is 0 Å². The van der Waals surface area contributed by atoms with E-state index in [-0.39, 0.29) is 24.8 Å². The largest absolute Gasteiger partial charge is 0.462 e. The Labute approximate surface area is 155 Å². The first-order chi connectivity index (χ1) is 12.5. The van der Waals surface area contributed by atoms with Crippen molar-refractivity contribution in [3.05, 3.63) is 54.1 Å². The highest BCUT2D eigenvalue weighted by Crippen LogP contribution is 2.36. The molecule has 3 rings (SSSR count). The normalized spacial score (nSPS) is 16.8. The molecule has 0 radical (unpaired) electrons. The molecule has 1 atom stereocenters. The number of nitrogens with two attached hydrogens (primary N) is 1. The number of rotatable bonds is 5. The van der Waals surface area contributed by atoms with Crippen molar-refractivity contribution in [3.63, 3.8) is 0 Å². The van der Waals surface area contributed by atoms with Crippen LogP contribution in [0.3, 0.4) is 0 Å². The second-order valence-corrected chi connectivity index (χ2v) is 6.93. The van der Waals surface area contributed by atoms with Crippen LogP contribution in [0.25, 0.3) is 0 Å². The number of ether oxygens (including phenoxy) is 1. The number of nitrogens with zero attached hydrogens (tertiary/aromatic N) is 1. The summed E-state index contributed by atoms with van der Waals surface area (Å²) in [5.41, 5.74) is 7.31. The number of carbonyl (C=O) groups is 3. The van der Waals surface area contributed by atoms with Crippen LogP contribution in [0.1, 0.15) is 23.7 Å². The minimum atomic E-state index is -0.517. The Kier molecular flexibility index (Phi) is 5.27. The second kappa shape index (κ2) is 7.61. The van der Waals surface area contributed by atoms with E-state index in [9.17, 15) is 14.4 Å². The number of benzene rings is 2. The van der Waals surface area contributed by atoms with Gasteiger partial charge in [0.15, 0.2) is 0 Å². The minimum Gasteiger partial charge on any atom is -0.462 e. The van der Waals surface area contributed by atoms with Crippen molar-refractivity contribution >= 4 is 40.9 Å². The molecule has 7 heteroatoms. The molecule has 0 aromatic heterocycles. The average Bonchev–Trinajstić information content (AvgIpc) is 2.91. The van der Waals surface area contributed by atoms with Gasteiger partial charge in [-0.1, -0.05) is 12.1 Å². The molecule has 1 heterocycles. The Morgan fingerprint density at radius 3 is 2.54 bits per heavy atom. The van der Waals surface area contributed by atoms with E-state index in [1.165, 1.54) is 11.8 Å². The lowest BCUT2D eigenvalue weighted by molar-refractivity contribution is -0.121. The molecule has 2 N–H and O–H groups in total. The summed E-state index contributed by atoms with van der Waals surface area (Å²) < 4.78 is 4.93. The first-order valence-corrected chi connectivity index (χ1v) is 9.04. The standard InChI is InChI=1S/C19H18N2O4S/c1-2-25-19(24)12-7-9-13(10-8-12)21-17(22)11-16(18(21)23)26-15-6-4-3-5-14(15)20/h3-10,16H,2,11,20H2,1H3/t16-/m0/s1. The van der Waals surface area contributed by atoms with Crippen molar-refractivity contribution in [2.45, 2.75) is 23.5 Å². The van der Waals surface area contributed by atoms with Crippen molar-refractivity contribution < 1.29 is 19.1 Å². The van der Waals surface area contributed by atoms with Crippen molar-refractivity contribution in [1.82, 2.24) is 0 Å². The topological polar surface area (TPSA) is 89.7 Å². The van der Waals surface area contributed by atoms with Crippen LogP contribution >= 0.6 is 11.8 Å². The molecule has 0 saturated carbocycles. The number of esters is 1. The van der Waals surface area contributed by atoms with Gasteiger partial charge in [-0.25, -0.2) is 9.69 Å². The number of para-hydroxylation sites is 1. The number of carbonyl (C=O) groups excluding carboxylic acids is 3. The first-order valence-electron chi connectivity index (χ1n) is 8.16. The van der Waals surface area contributed by atoms with E-state index in [4.69, 9.17) is 10.5 Å². The first kappa shape index (κ1) is 18.0. The summed E-state index contributed by atoms with van der Waals surface area (Å²) in [6.07, 6.45) is 0.109. The van der Waals surface area contributed by atoms with Crippen molar-refractivity contribution in [2.24, 2.45) is 0 Å². The molecule has 1 aliphatic heterocycles. The third-order valence-electron chi connectivity index (χ3n) is 3.93. The third-order valence-corrected chi connectivity index (χ3v) is 5.21. The molecular weight excluding hydrogens is 352 g/mol. The van der Waals surface area contributed by atoms with Gasteiger partial charge in [-0.15, -0.1) is 11.8 Å². The summed E-state index contributed by atoms with van der Waals surface area (Å²) >= 11 is 1.29. The lowest BCUT2D eigenvalue weighted by atomic mass is 10.2. The summed E-state index contributed by atoms with van der Waals surface area (Å²) in [7, 11) is 0. The van der Waals surface area contributed by atoms with Gasteiger partial charge >= 0.3 is 5.97 Å². The van der Waals surface area contributed by atoms with Crippen molar-refractivity contribution in [3.8, 4) is 0 Å². The molecule has 0 bridgehead atoms. The molecule has 1 fully saturated rings. The predicted octanol–water partition coefficient (Wildman–Crippen LogP) is 2.87. The Morgan fingerprint density at radius 2 is 1.88 bits per heavy atom. The van der Waals surface area contributed by atoms with E-state index in [0.717, 1.165) is 9.80 Å². The maximum Gasteiger partial charge on any atom is 0.338 e. The Morgan fingerprint density at radius 1 is 1.19 bits per heavy atom. The fourth-order valence-electron chi connectivity index (χ4n) is 2.67. The van der Waals surface area contributed by atoms with Crippen LogP contribution in [0.15, 0.2) is 53.4 Å². The zero-order chi connectivity index (χ0) is 18.7. The molecular formula is C19H18N2O4S. The Balaban J connectivity index is 1.77. The molecule has 0 spiro atoms. The molecule has 134 valence electrons. The summed E-state index contributed by atoms with van der Waals surface area (Å²) in [5, 5.41) is -0.517. The highest BCUT2D eigenvalue weighted by molar-refractivity contribution is 8.00. The monoisotopic (exact) mass is 370 g/mol. The van der Waals surface area contributed by atoms with Gasteiger partial charge < -0.3 is 10.5 Å². The Hall–Kier alpha value is -2.80. The van der Waals surface area contributed by atoms with Crippen molar-refractivity contribution in [1.29, 1.82) is 0 Å². The van der Waals surface area contributed by atoms with Gasteiger partial charge in [-0.3, -0.25) is 9.59 Å². The van der Waals surface area contributed by atoms with Crippen LogP contribution in [-0.2, 0) is 14.3 Å². The van der Waals surface area contributed by atoms with E-state index in [0.29, 0.717) is 16.9 Å². The van der Waals surface area contributed by atoms with Crippen molar-refractivity contribution in [2.75, 3.05) is 17.2 Å². The van der Waals surface area contributed by atoms with Crippen LogP contribution in [0.5, 0.6) is 0 Å². The summed E-state index contributed by atoms with van der Waals surface area (Å²) in [6.45, 7) is 2.01. The molecule has 1 aliphatic rings. The van der Waals surface area contributed by atoms with Gasteiger partial charge in [-0.05, 0) is 43.3 Å². The van der Waals surface area contributed by atoms with E-state index in [2.05, 4.69) is 0 Å². The fraction of sp³-hybridized carbons (Fsp3) is 0.211. The quantitative estimate of drug-likeness (QED) is 0.494. The number of imide groups is 1. The summed E-state index contributed by atoms with van der Waals surface area (Å²) in [5.74, 6) is -0.996. The molecule has 6 nitrogen and oxygen atoms in total. The van der Waals surface area contributed by atoms with Gasteiger partial charge in [0, 0.05) is 17.0 Å². The third kappa shape index (κ3) is 3.57. The lowest BCUT2D eigenvalue weighted by Crippen LogP contribution is -2.31. The molecule has 2 aromatic rings. The van der Waals surface area contributed by atoms with Crippen LogP contribution in [0.4, 0.5) is 11.4 Å². The predicted molar refractivity (Wildman–Crippen MR) is 100 cm³/mol. The van der Waals surface area contributed by atoms with Gasteiger partial charge in [-0.2, -0.15) is 0 Å². The number of thioether (sulfide) groups is 1. The molecule has 1 saturated heterocycles. The van der Waals surface area contributed by atoms with Gasteiger partial charge in [0.05, 0.1) is 23.1 Å². The average molecular weight is 370 g/mol. The lowest BCUT2D eigenvalue weighted by Gasteiger charge is -2.15. The minimum absolute atomic E-state index is 0.109. The zero-order valence-electron chi connectivity index (χ0n) is 14.2. The summed E-state index contributed by atoms with van der Waals surface area (Å²) in [6, 6.07) is 13.5. The smallest absolute Gasteiger partial charge is 0.338 e. The van der Waals surface area contributed by atoms with E-state index < -0.39 is 11.2 Å². The molecule has 26 heavy (non-hydrogen) atoms. The molecule has 2 aromatic carbocycles. The number of nitrogen functional groups attached to an aromatic ring is 1. The van der Waals surface area contributed by atoms with E-state index in [1.807, 2.05) is 18.2 Å². The van der Waals surface area contributed by atoms with Gasteiger partial charge in [0.25, 0.3) is 0 Å². The van der Waals surface area contributed by atoms with Crippen LogP contribution < -0.4 is 10.6 Å². The van der Waals surface area contributed by atoms with Crippen LogP contribution in [0.2, 0.25) is 0 Å². The van der Waals surface area contributed by atoms with Crippen LogP contribution in [-0.4, -0.2) is 29.6 Å². The van der Waals surface area contributed by atoms with Crippen LogP contribution in [0, 0.1) is 0 Å². The van der Waals surface area contributed by atoms with Gasteiger partial charge in [0.2, 0.25) is 11.8 Å². The molecule has 0 aliphatic carbocycles. The highest BCUT2D eigenvalue weighted by atomic mass is 32.2. The number of amides is 2.